The van der Waals surface area contributed by atoms with Crippen LogP contribution in [-0.2, 0) is 20.1 Å². The van der Waals surface area contributed by atoms with Gasteiger partial charge in [-0.1, -0.05) is 58.4 Å². The van der Waals surface area contributed by atoms with Crippen LogP contribution in [0, 0.1) is 0 Å². The number of aromatic nitrogens is 2. The Morgan fingerprint density at radius 3 is 2.67 bits per heavy atom. The first-order chi connectivity index (χ1) is 16.0. The third kappa shape index (κ3) is 4.15. The highest BCUT2D eigenvalue weighted by Crippen LogP contribution is 2.33. The van der Waals surface area contributed by atoms with Gasteiger partial charge in [-0.2, -0.15) is 0 Å². The van der Waals surface area contributed by atoms with Gasteiger partial charge in [0, 0.05) is 52.7 Å². The van der Waals surface area contributed by atoms with E-state index in [2.05, 4.69) is 44.1 Å². The van der Waals surface area contributed by atoms with E-state index in [1.165, 1.54) is 0 Å². The molecule has 33 heavy (non-hydrogen) atoms. The van der Waals surface area contributed by atoms with Crippen molar-refractivity contribution in [1.82, 2.24) is 14.9 Å². The van der Waals surface area contributed by atoms with Crippen molar-refractivity contribution in [2.45, 2.75) is 13.1 Å². The lowest BCUT2D eigenvalue weighted by molar-refractivity contribution is 0.0952. The molecule has 164 valence electrons. The summed E-state index contributed by atoms with van der Waals surface area (Å²) >= 11 is 3.58. The molecule has 0 saturated carbocycles. The van der Waals surface area contributed by atoms with Crippen LogP contribution in [0.25, 0.3) is 33.1 Å². The molecule has 0 aliphatic rings. The number of carbonyl (C=O) groups is 1. The molecule has 2 heterocycles. The first-order valence-corrected chi connectivity index (χ1v) is 11.5. The summed E-state index contributed by atoms with van der Waals surface area (Å²) in [6.07, 6.45) is 2.06. The molecule has 5 aromatic rings. The molecule has 0 atom stereocenters. The summed E-state index contributed by atoms with van der Waals surface area (Å²) in [5, 5.41) is 4.98. The highest BCUT2D eigenvalue weighted by molar-refractivity contribution is 9.10. The molecule has 3 aromatic carbocycles. The normalized spacial score (nSPS) is 11.2. The minimum atomic E-state index is -0.130. The number of nitrogens with zero attached hydrogens (tertiary/aromatic N) is 2. The maximum absolute atomic E-state index is 13.3. The van der Waals surface area contributed by atoms with E-state index in [-0.39, 0.29) is 5.91 Å². The Labute approximate surface area is 200 Å². The van der Waals surface area contributed by atoms with Crippen LogP contribution in [0.1, 0.15) is 21.5 Å². The minimum Gasteiger partial charge on any atom is -0.350 e. The maximum Gasteiger partial charge on any atom is 0.252 e. The van der Waals surface area contributed by atoms with Gasteiger partial charge in [-0.05, 0) is 41.5 Å². The fraction of sp³-hybridized carbons (Fsp3) is 0.111. The number of hydrogen-bond donors (Lipinski definition) is 2. The monoisotopic (exact) mass is 498 g/mol. The second kappa shape index (κ2) is 8.81. The molecule has 0 bridgehead atoms. The maximum atomic E-state index is 13.3. The van der Waals surface area contributed by atoms with Crippen molar-refractivity contribution in [2.75, 3.05) is 0 Å². The average molecular weight is 499 g/mol. The second-order valence-electron chi connectivity index (χ2n) is 8.09. The van der Waals surface area contributed by atoms with E-state index in [1.807, 2.05) is 67.7 Å². The number of nitrogens with two attached hydrogens (primary N) is 1. The number of aryl methyl sites for hydroxylation is 1. The van der Waals surface area contributed by atoms with Crippen LogP contribution in [-0.4, -0.2) is 15.5 Å². The molecule has 3 N–H and O–H groups in total. The van der Waals surface area contributed by atoms with Crippen molar-refractivity contribution in [3.8, 4) is 11.3 Å². The standard InChI is InChI=1S/C27H23BrN4O/c1-32-16-23(21-12-19(28)9-10-26(21)32)25-13-22(20-7-2-3-8-24(20)31-25)27(33)30-15-18-6-4-5-17(11-18)14-29/h2-13,16H,14-15,29H2,1H3,(H,30,33). The van der Waals surface area contributed by atoms with Gasteiger partial charge < -0.3 is 15.6 Å². The van der Waals surface area contributed by atoms with Crippen molar-refractivity contribution < 1.29 is 4.79 Å². The molecule has 0 unspecified atom stereocenters. The number of rotatable bonds is 5. The molecular formula is C27H23BrN4O. The molecule has 5 rings (SSSR count). The van der Waals surface area contributed by atoms with Crippen LogP contribution < -0.4 is 11.1 Å². The zero-order valence-electron chi connectivity index (χ0n) is 18.2. The van der Waals surface area contributed by atoms with Crippen LogP contribution in [0.3, 0.4) is 0 Å². The van der Waals surface area contributed by atoms with Gasteiger partial charge >= 0.3 is 0 Å². The SMILES string of the molecule is Cn1cc(-c2cc(C(=O)NCc3cccc(CN)c3)c3ccccc3n2)c2cc(Br)ccc21. The smallest absolute Gasteiger partial charge is 0.252 e. The molecule has 0 aliphatic heterocycles. The third-order valence-corrected chi connectivity index (χ3v) is 6.36. The van der Waals surface area contributed by atoms with E-state index in [9.17, 15) is 4.79 Å². The van der Waals surface area contributed by atoms with Gasteiger partial charge in [0.1, 0.15) is 0 Å². The van der Waals surface area contributed by atoms with Gasteiger partial charge in [-0.3, -0.25) is 4.79 Å². The summed E-state index contributed by atoms with van der Waals surface area (Å²) in [6.45, 7) is 0.904. The van der Waals surface area contributed by atoms with E-state index >= 15 is 0 Å². The number of halogens is 1. The summed E-state index contributed by atoms with van der Waals surface area (Å²) in [6, 6.07) is 23.8. The number of amides is 1. The summed E-state index contributed by atoms with van der Waals surface area (Å²) in [5.74, 6) is -0.130. The molecule has 1 amide bonds. The zero-order chi connectivity index (χ0) is 22.9. The minimum absolute atomic E-state index is 0.130. The number of carbonyl (C=O) groups excluding carboxylic acids is 1. The van der Waals surface area contributed by atoms with Gasteiger partial charge in [0.05, 0.1) is 16.8 Å². The van der Waals surface area contributed by atoms with Crippen molar-refractivity contribution in [2.24, 2.45) is 12.8 Å². The number of hydrogen-bond acceptors (Lipinski definition) is 3. The fourth-order valence-electron chi connectivity index (χ4n) is 4.21. The number of para-hydroxylation sites is 1. The Bertz CT molecular complexity index is 1510. The van der Waals surface area contributed by atoms with Crippen LogP contribution in [0.4, 0.5) is 0 Å². The fourth-order valence-corrected chi connectivity index (χ4v) is 4.57. The summed E-state index contributed by atoms with van der Waals surface area (Å²) < 4.78 is 3.08. The van der Waals surface area contributed by atoms with Crippen LogP contribution >= 0.6 is 15.9 Å². The molecular weight excluding hydrogens is 476 g/mol. The largest absolute Gasteiger partial charge is 0.350 e. The van der Waals surface area contributed by atoms with E-state index in [1.54, 1.807) is 0 Å². The predicted molar refractivity (Wildman–Crippen MR) is 137 cm³/mol. The topological polar surface area (TPSA) is 72.9 Å². The molecule has 6 heteroatoms. The van der Waals surface area contributed by atoms with E-state index < -0.39 is 0 Å². The molecule has 0 spiro atoms. The average Bonchev–Trinajstić information content (AvgIpc) is 3.17. The zero-order valence-corrected chi connectivity index (χ0v) is 19.8. The summed E-state index contributed by atoms with van der Waals surface area (Å²) in [4.78, 5) is 18.2. The first kappa shape index (κ1) is 21.4. The molecule has 0 aliphatic carbocycles. The van der Waals surface area contributed by atoms with Gasteiger partial charge in [0.15, 0.2) is 0 Å². The Morgan fingerprint density at radius 2 is 1.82 bits per heavy atom. The van der Waals surface area contributed by atoms with Gasteiger partial charge in [-0.15, -0.1) is 0 Å². The highest BCUT2D eigenvalue weighted by Gasteiger charge is 2.17. The van der Waals surface area contributed by atoms with Crippen LogP contribution in [0.5, 0.6) is 0 Å². The van der Waals surface area contributed by atoms with Crippen LogP contribution in [0.2, 0.25) is 0 Å². The summed E-state index contributed by atoms with van der Waals surface area (Å²) in [5.41, 5.74) is 12.1. The van der Waals surface area contributed by atoms with Crippen molar-refractivity contribution >= 4 is 43.6 Å². The molecule has 2 aromatic heterocycles. The Kier molecular flexibility index (Phi) is 5.70. The lowest BCUT2D eigenvalue weighted by Gasteiger charge is -2.11. The van der Waals surface area contributed by atoms with E-state index in [4.69, 9.17) is 10.7 Å². The lowest BCUT2D eigenvalue weighted by atomic mass is 10.0. The van der Waals surface area contributed by atoms with E-state index in [0.29, 0.717) is 18.7 Å². The van der Waals surface area contributed by atoms with Gasteiger partial charge in [-0.25, -0.2) is 4.98 Å². The Balaban J connectivity index is 1.57. The highest BCUT2D eigenvalue weighted by atomic mass is 79.9. The lowest BCUT2D eigenvalue weighted by Crippen LogP contribution is -2.23. The molecule has 0 saturated heterocycles. The summed E-state index contributed by atoms with van der Waals surface area (Å²) in [7, 11) is 2.02. The molecule has 0 fully saturated rings. The predicted octanol–water partition coefficient (Wildman–Crippen LogP) is 5.54. The quantitative estimate of drug-likeness (QED) is 0.333. The molecule has 5 nitrogen and oxygen atoms in total. The van der Waals surface area contributed by atoms with Crippen molar-refractivity contribution in [3.05, 3.63) is 100 Å². The Morgan fingerprint density at radius 1 is 1.00 bits per heavy atom. The van der Waals surface area contributed by atoms with Gasteiger partial charge in [0.2, 0.25) is 0 Å². The van der Waals surface area contributed by atoms with E-state index in [0.717, 1.165) is 48.7 Å². The number of pyridine rings is 1. The third-order valence-electron chi connectivity index (χ3n) is 5.87. The number of fused-ring (bicyclic) bond motifs is 2. The Hall–Kier alpha value is -3.48. The van der Waals surface area contributed by atoms with Crippen molar-refractivity contribution in [3.63, 3.8) is 0 Å². The number of benzene rings is 3. The van der Waals surface area contributed by atoms with Crippen LogP contribution in [0.15, 0.2) is 83.5 Å². The first-order valence-electron chi connectivity index (χ1n) is 10.7. The second-order valence-corrected chi connectivity index (χ2v) is 9.01. The number of nitrogens with one attached hydrogen (secondary N) is 1. The van der Waals surface area contributed by atoms with Gasteiger partial charge in [0.25, 0.3) is 5.91 Å². The molecule has 0 radical (unpaired) electrons. The van der Waals surface area contributed by atoms with Crippen molar-refractivity contribution in [1.29, 1.82) is 0 Å².